The van der Waals surface area contributed by atoms with Crippen molar-refractivity contribution in [3.05, 3.63) is 30.3 Å². The number of aliphatic imine (C=N–C) groups is 1. The van der Waals surface area contributed by atoms with Gasteiger partial charge in [-0.2, -0.15) is 5.10 Å². The summed E-state index contributed by atoms with van der Waals surface area (Å²) in [7, 11) is 0. The van der Waals surface area contributed by atoms with E-state index in [2.05, 4.69) is 29.4 Å². The lowest BCUT2D eigenvalue weighted by Crippen LogP contribution is -2.49. The van der Waals surface area contributed by atoms with Crippen LogP contribution in [-0.2, 0) is 4.74 Å². The van der Waals surface area contributed by atoms with E-state index in [1.807, 2.05) is 35.0 Å². The lowest BCUT2D eigenvalue weighted by Gasteiger charge is -2.38. The third-order valence-corrected chi connectivity index (χ3v) is 7.66. The number of carbonyl (C=O) groups is 1. The van der Waals surface area contributed by atoms with Crippen LogP contribution in [0.2, 0.25) is 0 Å². The summed E-state index contributed by atoms with van der Waals surface area (Å²) in [6, 6.07) is 9.98. The fraction of sp³-hybridized carbons (Fsp3) is 0.593. The maximum Gasteiger partial charge on any atom is 0.319 e. The van der Waals surface area contributed by atoms with E-state index in [0.29, 0.717) is 19.0 Å². The molecule has 0 bridgehead atoms. The van der Waals surface area contributed by atoms with Gasteiger partial charge in [-0.1, -0.05) is 25.5 Å². The van der Waals surface area contributed by atoms with Crippen LogP contribution in [-0.4, -0.2) is 69.6 Å². The van der Waals surface area contributed by atoms with Gasteiger partial charge in [0.25, 0.3) is 0 Å². The first kappa shape index (κ1) is 24.9. The third kappa shape index (κ3) is 5.48. The van der Waals surface area contributed by atoms with Crippen molar-refractivity contribution in [2.24, 2.45) is 4.99 Å². The number of aromatic nitrogens is 2. The number of amides is 2. The van der Waals surface area contributed by atoms with Gasteiger partial charge in [0.15, 0.2) is 5.82 Å². The Bertz CT molecular complexity index is 1080. The largest absolute Gasteiger partial charge is 0.376 e. The molecule has 2 saturated heterocycles. The molecule has 2 amide bonds. The van der Waals surface area contributed by atoms with Crippen LogP contribution in [0.5, 0.6) is 0 Å². The first-order valence-electron chi connectivity index (χ1n) is 13.4. The summed E-state index contributed by atoms with van der Waals surface area (Å²) in [6.45, 7) is 6.55. The van der Waals surface area contributed by atoms with Gasteiger partial charge in [-0.25, -0.2) is 14.5 Å². The summed E-state index contributed by atoms with van der Waals surface area (Å²) in [6.07, 6.45) is 6.60. The second-order valence-corrected chi connectivity index (χ2v) is 10.2. The van der Waals surface area contributed by atoms with Crippen molar-refractivity contribution in [1.29, 1.82) is 0 Å². The number of fused-ring (bicyclic) bond motifs is 1. The molecule has 1 aromatic heterocycles. The van der Waals surface area contributed by atoms with Crippen molar-refractivity contribution >= 4 is 23.2 Å². The molecule has 1 aromatic carbocycles. The standard InChI is InChI=1S/C27H38N6O3/c1-3-21-15-24(26(34)32-13-5-4-7-18(32)2)30-25-16-23(31-33(21)25)19-9-11-20(12-10-19)29-27(35)28-17-22-8-6-14-36-22/h9-12,16,18,21-22,26,34H,3-8,13-15,17H2,1-2H3,(H2,28,29,35). The van der Waals surface area contributed by atoms with Gasteiger partial charge < -0.3 is 20.5 Å². The molecule has 4 unspecified atom stereocenters. The van der Waals surface area contributed by atoms with E-state index in [1.165, 1.54) is 6.42 Å². The van der Waals surface area contributed by atoms with Crippen LogP contribution in [0.1, 0.15) is 64.8 Å². The quantitative estimate of drug-likeness (QED) is 0.527. The van der Waals surface area contributed by atoms with Gasteiger partial charge in [-0.05, 0) is 51.2 Å². The number of hydrogen-bond donors (Lipinski definition) is 3. The second-order valence-electron chi connectivity index (χ2n) is 10.2. The zero-order chi connectivity index (χ0) is 25.1. The molecule has 3 aliphatic rings. The number of ether oxygens (including phenoxy) is 1. The summed E-state index contributed by atoms with van der Waals surface area (Å²) in [5, 5.41) is 21.8. The fourth-order valence-electron chi connectivity index (χ4n) is 5.47. The van der Waals surface area contributed by atoms with Gasteiger partial charge in [0.1, 0.15) is 6.23 Å². The number of nitrogens with zero attached hydrogens (tertiary/aromatic N) is 4. The molecule has 9 nitrogen and oxygen atoms in total. The Kier molecular flexibility index (Phi) is 7.69. The molecular weight excluding hydrogens is 456 g/mol. The van der Waals surface area contributed by atoms with Crippen LogP contribution in [0.3, 0.4) is 0 Å². The Morgan fingerprint density at radius 1 is 1.22 bits per heavy atom. The van der Waals surface area contributed by atoms with E-state index >= 15 is 0 Å². The van der Waals surface area contributed by atoms with Crippen LogP contribution in [0, 0.1) is 0 Å². The molecule has 9 heteroatoms. The second kappa shape index (κ2) is 11.1. The number of aliphatic hydroxyl groups is 1. The number of aliphatic hydroxyl groups excluding tert-OH is 1. The molecule has 0 aliphatic carbocycles. The lowest BCUT2D eigenvalue weighted by molar-refractivity contribution is 0.00793. The first-order chi connectivity index (χ1) is 17.5. The maximum absolute atomic E-state index is 12.2. The highest BCUT2D eigenvalue weighted by Crippen LogP contribution is 2.35. The Hall–Kier alpha value is -2.75. The molecule has 3 aliphatic heterocycles. The highest BCUT2D eigenvalue weighted by Gasteiger charge is 2.32. The molecule has 2 aromatic rings. The Balaban J connectivity index is 1.27. The number of carbonyl (C=O) groups excluding carboxylic acids is 1. The number of nitrogens with one attached hydrogen (secondary N) is 2. The highest BCUT2D eigenvalue weighted by molar-refractivity contribution is 5.92. The van der Waals surface area contributed by atoms with Gasteiger partial charge in [0, 0.05) is 49.5 Å². The summed E-state index contributed by atoms with van der Waals surface area (Å²) in [5.41, 5.74) is 3.35. The number of hydrogen-bond acceptors (Lipinski definition) is 6. The summed E-state index contributed by atoms with van der Waals surface area (Å²) >= 11 is 0. The molecule has 0 radical (unpaired) electrons. The molecule has 194 valence electrons. The van der Waals surface area contributed by atoms with Gasteiger partial charge in [0.2, 0.25) is 0 Å². The Morgan fingerprint density at radius 2 is 2.06 bits per heavy atom. The van der Waals surface area contributed by atoms with Gasteiger partial charge in [-0.3, -0.25) is 4.90 Å². The molecule has 2 fully saturated rings. The minimum Gasteiger partial charge on any atom is -0.376 e. The molecule has 3 N–H and O–H groups in total. The first-order valence-corrected chi connectivity index (χ1v) is 13.4. The van der Waals surface area contributed by atoms with Crippen molar-refractivity contribution in [2.45, 2.75) is 83.2 Å². The summed E-state index contributed by atoms with van der Waals surface area (Å²) < 4.78 is 7.54. The minimum atomic E-state index is -0.641. The van der Waals surface area contributed by atoms with E-state index in [9.17, 15) is 9.90 Å². The van der Waals surface area contributed by atoms with Crippen molar-refractivity contribution in [2.75, 3.05) is 25.0 Å². The fourth-order valence-corrected chi connectivity index (χ4v) is 5.47. The number of benzene rings is 1. The van der Waals surface area contributed by atoms with Crippen LogP contribution in [0.25, 0.3) is 11.3 Å². The molecular formula is C27H38N6O3. The normalized spacial score (nSPS) is 25.2. The maximum atomic E-state index is 12.2. The smallest absolute Gasteiger partial charge is 0.319 e. The van der Waals surface area contributed by atoms with Crippen LogP contribution < -0.4 is 10.6 Å². The number of piperidine rings is 1. The Labute approximate surface area is 212 Å². The number of likely N-dealkylation sites (tertiary alicyclic amines) is 1. The molecule has 36 heavy (non-hydrogen) atoms. The van der Waals surface area contributed by atoms with Crippen molar-refractivity contribution < 1.29 is 14.6 Å². The van der Waals surface area contributed by atoms with E-state index in [0.717, 1.165) is 73.7 Å². The van der Waals surface area contributed by atoms with Crippen LogP contribution >= 0.6 is 0 Å². The highest BCUT2D eigenvalue weighted by atomic mass is 16.5. The van der Waals surface area contributed by atoms with Crippen molar-refractivity contribution in [3.63, 3.8) is 0 Å². The molecule has 0 saturated carbocycles. The van der Waals surface area contributed by atoms with E-state index in [4.69, 9.17) is 14.8 Å². The predicted molar refractivity (Wildman–Crippen MR) is 141 cm³/mol. The zero-order valence-corrected chi connectivity index (χ0v) is 21.3. The topological polar surface area (TPSA) is 104 Å². The average molecular weight is 495 g/mol. The number of anilines is 1. The van der Waals surface area contributed by atoms with Gasteiger partial charge >= 0.3 is 6.03 Å². The lowest BCUT2D eigenvalue weighted by atomic mass is 9.99. The zero-order valence-electron chi connectivity index (χ0n) is 21.3. The predicted octanol–water partition coefficient (Wildman–Crippen LogP) is 4.47. The van der Waals surface area contributed by atoms with Crippen molar-refractivity contribution in [3.8, 4) is 11.3 Å². The molecule has 4 heterocycles. The van der Waals surface area contributed by atoms with Gasteiger partial charge in [0.05, 0.1) is 23.6 Å². The number of urea groups is 1. The van der Waals surface area contributed by atoms with E-state index < -0.39 is 6.23 Å². The summed E-state index contributed by atoms with van der Waals surface area (Å²) in [4.78, 5) is 19.3. The van der Waals surface area contributed by atoms with Crippen molar-refractivity contribution in [1.82, 2.24) is 20.0 Å². The van der Waals surface area contributed by atoms with Gasteiger partial charge in [-0.15, -0.1) is 0 Å². The van der Waals surface area contributed by atoms with E-state index in [-0.39, 0.29) is 18.2 Å². The van der Waals surface area contributed by atoms with Crippen LogP contribution in [0.4, 0.5) is 16.3 Å². The monoisotopic (exact) mass is 494 g/mol. The SMILES string of the molecule is CCC1CC(C(O)N2CCCCC2C)=Nc2cc(-c3ccc(NC(=O)NCC4CCCO4)cc3)nn21. The molecule has 5 rings (SSSR count). The minimum absolute atomic E-state index is 0.115. The summed E-state index contributed by atoms with van der Waals surface area (Å²) in [5.74, 6) is 0.789. The third-order valence-electron chi connectivity index (χ3n) is 7.66. The van der Waals surface area contributed by atoms with Crippen LogP contribution in [0.15, 0.2) is 35.3 Å². The molecule has 4 atom stereocenters. The Morgan fingerprint density at radius 3 is 2.78 bits per heavy atom. The van der Waals surface area contributed by atoms with E-state index in [1.54, 1.807) is 0 Å². The molecule has 0 spiro atoms. The number of rotatable bonds is 7. The average Bonchev–Trinajstić information content (AvgIpc) is 3.57.